The van der Waals surface area contributed by atoms with Crippen LogP contribution in [-0.4, -0.2) is 10.7 Å². The first-order valence-electron chi connectivity index (χ1n) is 9.84. The molecule has 128 valence electrons. The fourth-order valence-electron chi connectivity index (χ4n) is 3.03. The summed E-state index contributed by atoms with van der Waals surface area (Å²) in [4.78, 5) is 0. The van der Waals surface area contributed by atoms with Gasteiger partial charge in [-0.2, -0.15) is 0 Å². The predicted octanol–water partition coefficient (Wildman–Crippen LogP) is 7.02. The van der Waals surface area contributed by atoms with Crippen molar-refractivity contribution in [3.8, 4) is 0 Å². The largest absolute Gasteiger partial charge is 0.390 e. The smallest absolute Gasteiger partial charge is 0.0619 e. The number of unbranched alkanes of at least 4 members (excludes halogenated alkanes) is 12. The van der Waals surface area contributed by atoms with E-state index in [1.54, 1.807) is 0 Å². The van der Waals surface area contributed by atoms with Crippen molar-refractivity contribution in [2.45, 2.75) is 129 Å². The van der Waals surface area contributed by atoms with E-state index in [1.165, 1.54) is 83.5 Å². The Morgan fingerprint density at radius 2 is 0.857 bits per heavy atom. The van der Waals surface area contributed by atoms with Crippen molar-refractivity contribution in [1.29, 1.82) is 0 Å². The van der Waals surface area contributed by atoms with Crippen LogP contribution in [0.3, 0.4) is 0 Å². The molecule has 0 amide bonds. The van der Waals surface area contributed by atoms with Crippen LogP contribution in [0, 0.1) is 0 Å². The predicted molar refractivity (Wildman–Crippen MR) is 95.8 cm³/mol. The number of aliphatic hydroxyl groups is 1. The van der Waals surface area contributed by atoms with Gasteiger partial charge in [-0.1, -0.05) is 104 Å². The first kappa shape index (κ1) is 21.0. The minimum atomic E-state index is -0.408. The Bertz CT molecular complexity index is 198. The summed E-state index contributed by atoms with van der Waals surface area (Å²) in [6, 6.07) is 0. The number of rotatable bonds is 16. The second kappa shape index (κ2) is 14.9. The van der Waals surface area contributed by atoms with E-state index >= 15 is 0 Å². The van der Waals surface area contributed by atoms with E-state index in [0.29, 0.717) is 0 Å². The van der Waals surface area contributed by atoms with Crippen molar-refractivity contribution >= 4 is 0 Å². The van der Waals surface area contributed by atoms with Crippen LogP contribution < -0.4 is 0 Å². The molecule has 0 saturated heterocycles. The molecule has 0 saturated carbocycles. The maximum Gasteiger partial charge on any atom is 0.0619 e. The molecule has 0 heterocycles. The summed E-state index contributed by atoms with van der Waals surface area (Å²) in [6.07, 6.45) is 21.0. The third kappa shape index (κ3) is 16.2. The molecular formula is C20H42O. The van der Waals surface area contributed by atoms with Crippen molar-refractivity contribution in [1.82, 2.24) is 0 Å². The third-order valence-corrected chi connectivity index (χ3v) is 4.64. The highest BCUT2D eigenvalue weighted by molar-refractivity contribution is 4.71. The summed E-state index contributed by atoms with van der Waals surface area (Å²) < 4.78 is 0. The van der Waals surface area contributed by atoms with Crippen molar-refractivity contribution in [3.05, 3.63) is 0 Å². The standard InChI is InChI=1S/C20H42O/c1-4-6-8-9-10-11-12-13-14-15-16-17-19-20(3,21)18-7-5-2/h21H,4-19H2,1-3H3. The van der Waals surface area contributed by atoms with Gasteiger partial charge in [-0.3, -0.25) is 0 Å². The van der Waals surface area contributed by atoms with Gasteiger partial charge in [0.1, 0.15) is 0 Å². The third-order valence-electron chi connectivity index (χ3n) is 4.64. The molecule has 0 aliphatic rings. The highest BCUT2D eigenvalue weighted by atomic mass is 16.3. The quantitative estimate of drug-likeness (QED) is 0.304. The summed E-state index contributed by atoms with van der Waals surface area (Å²) in [5, 5.41) is 10.2. The van der Waals surface area contributed by atoms with Crippen LogP contribution in [0.15, 0.2) is 0 Å². The summed E-state index contributed by atoms with van der Waals surface area (Å²) >= 11 is 0. The maximum absolute atomic E-state index is 10.2. The summed E-state index contributed by atoms with van der Waals surface area (Å²) in [7, 11) is 0. The fourth-order valence-corrected chi connectivity index (χ4v) is 3.03. The molecule has 0 spiro atoms. The molecule has 1 heteroatoms. The van der Waals surface area contributed by atoms with Gasteiger partial charge in [0.15, 0.2) is 0 Å². The molecule has 0 aromatic carbocycles. The first-order valence-corrected chi connectivity index (χ1v) is 9.84. The molecule has 0 aliphatic carbocycles. The van der Waals surface area contributed by atoms with Crippen LogP contribution in [0.2, 0.25) is 0 Å². The van der Waals surface area contributed by atoms with Gasteiger partial charge in [0.25, 0.3) is 0 Å². The van der Waals surface area contributed by atoms with Crippen LogP contribution in [0.4, 0.5) is 0 Å². The van der Waals surface area contributed by atoms with Gasteiger partial charge in [0.2, 0.25) is 0 Å². The van der Waals surface area contributed by atoms with Crippen LogP contribution in [-0.2, 0) is 0 Å². The van der Waals surface area contributed by atoms with Gasteiger partial charge in [-0.05, 0) is 19.8 Å². The molecule has 0 fully saturated rings. The van der Waals surface area contributed by atoms with Gasteiger partial charge in [0, 0.05) is 0 Å². The molecule has 1 nitrogen and oxygen atoms in total. The molecule has 0 rings (SSSR count). The van der Waals surface area contributed by atoms with Crippen molar-refractivity contribution < 1.29 is 5.11 Å². The second-order valence-corrected chi connectivity index (χ2v) is 7.24. The minimum absolute atomic E-state index is 0.408. The molecule has 0 aromatic rings. The first-order chi connectivity index (χ1) is 10.1. The summed E-state index contributed by atoms with van der Waals surface area (Å²) in [6.45, 7) is 6.49. The lowest BCUT2D eigenvalue weighted by Crippen LogP contribution is -2.23. The second-order valence-electron chi connectivity index (χ2n) is 7.24. The van der Waals surface area contributed by atoms with Gasteiger partial charge in [0.05, 0.1) is 5.60 Å². The van der Waals surface area contributed by atoms with Gasteiger partial charge in [-0.25, -0.2) is 0 Å². The van der Waals surface area contributed by atoms with E-state index < -0.39 is 5.60 Å². The highest BCUT2D eigenvalue weighted by Gasteiger charge is 2.18. The summed E-state index contributed by atoms with van der Waals surface area (Å²) in [5.41, 5.74) is -0.408. The van der Waals surface area contributed by atoms with E-state index in [9.17, 15) is 5.11 Å². The van der Waals surface area contributed by atoms with Crippen LogP contribution in [0.5, 0.6) is 0 Å². The van der Waals surface area contributed by atoms with Crippen LogP contribution in [0.1, 0.15) is 124 Å². The van der Waals surface area contributed by atoms with Gasteiger partial charge < -0.3 is 5.11 Å². The molecular weight excluding hydrogens is 256 g/mol. The Balaban J connectivity index is 3.18. The molecule has 0 aliphatic heterocycles. The molecule has 1 unspecified atom stereocenters. The van der Waals surface area contributed by atoms with E-state index in [4.69, 9.17) is 0 Å². The molecule has 0 aromatic heterocycles. The Kier molecular flexibility index (Phi) is 14.9. The van der Waals surface area contributed by atoms with Gasteiger partial charge >= 0.3 is 0 Å². The average molecular weight is 299 g/mol. The Hall–Kier alpha value is -0.0400. The van der Waals surface area contributed by atoms with E-state index in [0.717, 1.165) is 19.3 Å². The monoisotopic (exact) mass is 298 g/mol. The van der Waals surface area contributed by atoms with Crippen molar-refractivity contribution in [3.63, 3.8) is 0 Å². The SMILES string of the molecule is CCCCCCCCCCCCCCC(C)(O)CCCC. The molecule has 1 N–H and O–H groups in total. The fraction of sp³-hybridized carbons (Fsp3) is 1.00. The number of hydrogen-bond donors (Lipinski definition) is 1. The Morgan fingerprint density at radius 1 is 0.524 bits per heavy atom. The van der Waals surface area contributed by atoms with Crippen LogP contribution >= 0.6 is 0 Å². The van der Waals surface area contributed by atoms with Crippen molar-refractivity contribution in [2.75, 3.05) is 0 Å². The molecule has 1 atom stereocenters. The minimum Gasteiger partial charge on any atom is -0.390 e. The van der Waals surface area contributed by atoms with Crippen LogP contribution in [0.25, 0.3) is 0 Å². The normalized spacial score (nSPS) is 14.3. The van der Waals surface area contributed by atoms with E-state index in [2.05, 4.69) is 13.8 Å². The topological polar surface area (TPSA) is 20.2 Å². The zero-order valence-corrected chi connectivity index (χ0v) is 15.3. The van der Waals surface area contributed by atoms with E-state index in [-0.39, 0.29) is 0 Å². The lowest BCUT2D eigenvalue weighted by molar-refractivity contribution is 0.0371. The zero-order valence-electron chi connectivity index (χ0n) is 15.3. The lowest BCUT2D eigenvalue weighted by atomic mass is 9.92. The van der Waals surface area contributed by atoms with Crippen molar-refractivity contribution in [2.24, 2.45) is 0 Å². The lowest BCUT2D eigenvalue weighted by Gasteiger charge is -2.22. The zero-order chi connectivity index (χ0) is 15.8. The Labute approximate surface area is 134 Å². The average Bonchev–Trinajstić information content (AvgIpc) is 2.46. The molecule has 0 radical (unpaired) electrons. The highest BCUT2D eigenvalue weighted by Crippen LogP contribution is 2.21. The number of hydrogen-bond acceptors (Lipinski definition) is 1. The molecule has 0 bridgehead atoms. The summed E-state index contributed by atoms with van der Waals surface area (Å²) in [5.74, 6) is 0. The molecule has 21 heavy (non-hydrogen) atoms. The Morgan fingerprint density at radius 3 is 1.29 bits per heavy atom. The van der Waals surface area contributed by atoms with Gasteiger partial charge in [-0.15, -0.1) is 0 Å². The maximum atomic E-state index is 10.2. The van der Waals surface area contributed by atoms with E-state index in [1.807, 2.05) is 6.92 Å².